The Kier molecular flexibility index (Phi) is 6.95. The van der Waals surface area contributed by atoms with Crippen LogP contribution in [0.1, 0.15) is 13.3 Å². The van der Waals surface area contributed by atoms with Crippen LogP contribution in [0.2, 0.25) is 0 Å². The molecule has 0 aliphatic heterocycles. The van der Waals surface area contributed by atoms with E-state index in [0.717, 1.165) is 0 Å². The van der Waals surface area contributed by atoms with Crippen molar-refractivity contribution in [2.75, 3.05) is 30.4 Å². The predicted octanol–water partition coefficient (Wildman–Crippen LogP) is 0.922. The van der Waals surface area contributed by atoms with E-state index in [9.17, 15) is 9.00 Å². The molecule has 0 saturated heterocycles. The summed E-state index contributed by atoms with van der Waals surface area (Å²) in [6.45, 7) is 2.60. The number of nitrogens with one attached hydrogen (secondary N) is 1. The minimum atomic E-state index is -0.841. The van der Waals surface area contributed by atoms with Crippen LogP contribution in [0.3, 0.4) is 0 Å². The van der Waals surface area contributed by atoms with E-state index in [2.05, 4.69) is 5.32 Å². The van der Waals surface area contributed by atoms with Gasteiger partial charge in [0.25, 0.3) is 0 Å². The topological polar surface area (TPSA) is 81.4 Å². The second-order valence-corrected chi connectivity index (χ2v) is 5.82. The molecule has 1 amide bonds. The van der Waals surface area contributed by atoms with E-state index in [1.165, 1.54) is 0 Å². The van der Waals surface area contributed by atoms with Crippen molar-refractivity contribution >= 4 is 22.4 Å². The fourth-order valence-electron chi connectivity index (χ4n) is 1.40. The number of benzene rings is 1. The zero-order valence-electron chi connectivity index (χ0n) is 11.1. The van der Waals surface area contributed by atoms with E-state index in [1.54, 1.807) is 24.3 Å². The molecule has 0 spiro atoms. The van der Waals surface area contributed by atoms with E-state index < -0.39 is 10.8 Å². The molecule has 0 saturated carbocycles. The van der Waals surface area contributed by atoms with Crippen molar-refractivity contribution in [3.05, 3.63) is 24.3 Å². The molecule has 0 aliphatic rings. The molecule has 19 heavy (non-hydrogen) atoms. The lowest BCUT2D eigenvalue weighted by Crippen LogP contribution is -2.29. The summed E-state index contributed by atoms with van der Waals surface area (Å²) in [5.41, 5.74) is 6.24. The Labute approximate surface area is 116 Å². The highest BCUT2D eigenvalue weighted by molar-refractivity contribution is 7.84. The highest BCUT2D eigenvalue weighted by Crippen LogP contribution is 2.14. The summed E-state index contributed by atoms with van der Waals surface area (Å²) < 4.78 is 16.6. The van der Waals surface area contributed by atoms with Crippen molar-refractivity contribution in [3.63, 3.8) is 0 Å². The van der Waals surface area contributed by atoms with E-state index in [4.69, 9.17) is 10.5 Å². The van der Waals surface area contributed by atoms with Crippen molar-refractivity contribution in [2.24, 2.45) is 0 Å². The maximum atomic E-state index is 11.5. The average molecular weight is 284 g/mol. The van der Waals surface area contributed by atoms with Gasteiger partial charge in [-0.3, -0.25) is 9.00 Å². The lowest BCUT2D eigenvalue weighted by Gasteiger charge is -2.07. The number of nitrogen functional groups attached to an aromatic ring is 1. The monoisotopic (exact) mass is 284 g/mol. The molecular formula is C13H20N2O3S. The zero-order valence-corrected chi connectivity index (χ0v) is 11.9. The number of amides is 1. The minimum absolute atomic E-state index is 0.1000. The molecule has 0 heterocycles. The molecule has 3 N–H and O–H groups in total. The third-order valence-electron chi connectivity index (χ3n) is 2.43. The van der Waals surface area contributed by atoms with Crippen LogP contribution in [0.15, 0.2) is 24.3 Å². The molecule has 0 aromatic heterocycles. The van der Waals surface area contributed by atoms with Gasteiger partial charge in [-0.25, -0.2) is 0 Å². The summed E-state index contributed by atoms with van der Waals surface area (Å²) in [5.74, 6) is 1.67. The third kappa shape index (κ3) is 6.81. The maximum Gasteiger partial charge on any atom is 0.223 e. The Bertz CT molecular complexity index is 438. The minimum Gasteiger partial charge on any atom is -0.493 e. The van der Waals surface area contributed by atoms with Crippen molar-refractivity contribution in [3.8, 4) is 5.75 Å². The standard InChI is InChI=1S/C13H20N2O3S/c1-2-19(17)9-7-15-13(16)6-8-18-12-5-3-4-11(14)10-12/h3-5,10H,2,6-9,14H2,1H3,(H,15,16). The molecule has 0 fully saturated rings. The predicted molar refractivity (Wildman–Crippen MR) is 77.5 cm³/mol. The lowest BCUT2D eigenvalue weighted by molar-refractivity contribution is -0.121. The molecule has 1 rings (SSSR count). The summed E-state index contributed by atoms with van der Waals surface area (Å²) in [7, 11) is -0.841. The summed E-state index contributed by atoms with van der Waals surface area (Å²) >= 11 is 0. The van der Waals surface area contributed by atoms with Gasteiger partial charge in [0.05, 0.1) is 13.0 Å². The van der Waals surface area contributed by atoms with Crippen LogP contribution in [0, 0.1) is 0 Å². The summed E-state index contributed by atoms with van der Waals surface area (Å²) in [5, 5.41) is 2.71. The maximum absolute atomic E-state index is 11.5. The average Bonchev–Trinajstić information content (AvgIpc) is 2.38. The first-order chi connectivity index (χ1) is 9.11. The van der Waals surface area contributed by atoms with Crippen molar-refractivity contribution < 1.29 is 13.7 Å². The number of hydrogen-bond donors (Lipinski definition) is 2. The number of rotatable bonds is 8. The van der Waals surface area contributed by atoms with Gasteiger partial charge < -0.3 is 15.8 Å². The first-order valence-corrected chi connectivity index (χ1v) is 7.70. The number of anilines is 1. The molecule has 0 aliphatic carbocycles. The Hall–Kier alpha value is -1.56. The van der Waals surface area contributed by atoms with Crippen molar-refractivity contribution in [2.45, 2.75) is 13.3 Å². The smallest absolute Gasteiger partial charge is 0.223 e. The van der Waals surface area contributed by atoms with Gasteiger partial charge in [0, 0.05) is 40.6 Å². The number of carbonyl (C=O) groups excluding carboxylic acids is 1. The van der Waals surface area contributed by atoms with Gasteiger partial charge in [0.1, 0.15) is 5.75 Å². The molecule has 6 heteroatoms. The van der Waals surface area contributed by atoms with Crippen molar-refractivity contribution in [1.29, 1.82) is 0 Å². The molecule has 1 aromatic rings. The number of nitrogens with two attached hydrogens (primary N) is 1. The number of carbonyl (C=O) groups is 1. The molecular weight excluding hydrogens is 264 g/mol. The highest BCUT2D eigenvalue weighted by atomic mass is 32.2. The number of ether oxygens (including phenoxy) is 1. The Morgan fingerprint density at radius 2 is 2.26 bits per heavy atom. The van der Waals surface area contributed by atoms with Crippen LogP contribution in [-0.2, 0) is 15.6 Å². The first-order valence-electron chi connectivity index (χ1n) is 6.22. The van der Waals surface area contributed by atoms with Crippen LogP contribution in [0.4, 0.5) is 5.69 Å². The molecule has 1 unspecified atom stereocenters. The Morgan fingerprint density at radius 3 is 2.95 bits per heavy atom. The van der Waals surface area contributed by atoms with Gasteiger partial charge in [-0.2, -0.15) is 0 Å². The molecule has 0 radical (unpaired) electrons. The van der Waals surface area contributed by atoms with Gasteiger partial charge in [0.2, 0.25) is 5.91 Å². The largest absolute Gasteiger partial charge is 0.493 e. The van der Waals surface area contributed by atoms with Gasteiger partial charge >= 0.3 is 0 Å². The molecule has 0 bridgehead atoms. The first kappa shape index (κ1) is 15.5. The van der Waals surface area contributed by atoms with Gasteiger partial charge in [-0.1, -0.05) is 13.0 Å². The van der Waals surface area contributed by atoms with Crippen molar-refractivity contribution in [1.82, 2.24) is 5.32 Å². The van der Waals surface area contributed by atoms with Crippen LogP contribution >= 0.6 is 0 Å². The normalized spacial score (nSPS) is 11.8. The SMILES string of the molecule is CCS(=O)CCNC(=O)CCOc1cccc(N)c1. The van der Waals surface area contributed by atoms with E-state index in [-0.39, 0.29) is 12.3 Å². The second kappa shape index (κ2) is 8.53. The quantitative estimate of drug-likeness (QED) is 0.696. The molecule has 1 atom stereocenters. The van der Waals surface area contributed by atoms with Gasteiger partial charge in [-0.05, 0) is 12.1 Å². The van der Waals surface area contributed by atoms with Gasteiger partial charge in [0.15, 0.2) is 0 Å². The zero-order chi connectivity index (χ0) is 14.1. The van der Waals surface area contributed by atoms with E-state index in [0.29, 0.717) is 36.1 Å². The number of hydrogen-bond acceptors (Lipinski definition) is 4. The van der Waals surface area contributed by atoms with Crippen LogP contribution < -0.4 is 15.8 Å². The van der Waals surface area contributed by atoms with E-state index in [1.807, 2.05) is 6.92 Å². The van der Waals surface area contributed by atoms with E-state index >= 15 is 0 Å². The Morgan fingerprint density at radius 1 is 1.47 bits per heavy atom. The second-order valence-electron chi connectivity index (χ2n) is 3.95. The Balaban J connectivity index is 2.15. The summed E-state index contributed by atoms with van der Waals surface area (Å²) in [6, 6.07) is 7.07. The van der Waals surface area contributed by atoms with Crippen LogP contribution in [-0.4, -0.2) is 34.8 Å². The molecule has 5 nitrogen and oxygen atoms in total. The lowest BCUT2D eigenvalue weighted by atomic mass is 10.3. The summed E-state index contributed by atoms with van der Waals surface area (Å²) in [6.07, 6.45) is 0.271. The van der Waals surface area contributed by atoms with Gasteiger partial charge in [-0.15, -0.1) is 0 Å². The molecule has 1 aromatic carbocycles. The fourth-order valence-corrected chi connectivity index (χ4v) is 2.02. The van der Waals surface area contributed by atoms with Crippen LogP contribution in [0.25, 0.3) is 0 Å². The fraction of sp³-hybridized carbons (Fsp3) is 0.462. The highest BCUT2D eigenvalue weighted by Gasteiger charge is 2.03. The summed E-state index contributed by atoms with van der Waals surface area (Å²) in [4.78, 5) is 11.5. The third-order valence-corrected chi connectivity index (χ3v) is 3.73. The van der Waals surface area contributed by atoms with Crippen LogP contribution in [0.5, 0.6) is 5.75 Å². The molecule has 106 valence electrons.